The molecule has 0 bridgehead atoms. The Hall–Kier alpha value is -2.01. The lowest BCUT2D eigenvalue weighted by atomic mass is 10.2. The number of pyridine rings is 1. The van der Waals surface area contributed by atoms with E-state index in [9.17, 15) is 4.79 Å². The summed E-state index contributed by atoms with van der Waals surface area (Å²) in [6.07, 6.45) is 5.20. The van der Waals surface area contributed by atoms with Crippen molar-refractivity contribution in [2.45, 2.75) is 0 Å². The third kappa shape index (κ3) is 2.63. The minimum atomic E-state index is 0.00581. The molecule has 0 atom stereocenters. The van der Waals surface area contributed by atoms with Crippen molar-refractivity contribution in [2.75, 3.05) is 31.1 Å². The van der Waals surface area contributed by atoms with Gasteiger partial charge in [0.15, 0.2) is 0 Å². The second-order valence-electron chi connectivity index (χ2n) is 4.72. The standard InChI is InChI=1S/C14H15ClN4O/c15-11-9-13(17-10-11)14(20)19-7-5-18(6-8-19)12-1-3-16-4-2-12/h1-4,9-10,17H,5-8H2. The number of hydrogen-bond acceptors (Lipinski definition) is 3. The molecule has 0 aliphatic carbocycles. The quantitative estimate of drug-likeness (QED) is 0.921. The number of carbonyl (C=O) groups excluding carboxylic acids is 1. The van der Waals surface area contributed by atoms with Crippen LogP contribution in [0.4, 0.5) is 5.69 Å². The molecule has 1 aliphatic rings. The Bertz CT molecular complexity index is 590. The third-order valence-electron chi connectivity index (χ3n) is 3.47. The first kappa shape index (κ1) is 13.0. The van der Waals surface area contributed by atoms with Crippen LogP contribution in [0.25, 0.3) is 0 Å². The van der Waals surface area contributed by atoms with Gasteiger partial charge in [-0.2, -0.15) is 0 Å². The normalized spacial score (nSPS) is 15.4. The van der Waals surface area contributed by atoms with E-state index in [1.54, 1.807) is 24.7 Å². The van der Waals surface area contributed by atoms with Gasteiger partial charge in [-0.1, -0.05) is 11.6 Å². The molecule has 1 fully saturated rings. The van der Waals surface area contributed by atoms with Gasteiger partial charge in [-0.15, -0.1) is 0 Å². The predicted molar refractivity (Wildman–Crippen MR) is 78.2 cm³/mol. The average Bonchev–Trinajstić information content (AvgIpc) is 2.94. The lowest BCUT2D eigenvalue weighted by molar-refractivity contribution is 0.0741. The first-order valence-corrected chi connectivity index (χ1v) is 6.90. The van der Waals surface area contributed by atoms with Crippen LogP contribution in [0.3, 0.4) is 0 Å². The average molecular weight is 291 g/mol. The fourth-order valence-corrected chi connectivity index (χ4v) is 2.55. The first-order chi connectivity index (χ1) is 9.74. The van der Waals surface area contributed by atoms with Crippen molar-refractivity contribution in [1.82, 2.24) is 14.9 Å². The van der Waals surface area contributed by atoms with Crippen molar-refractivity contribution >= 4 is 23.2 Å². The van der Waals surface area contributed by atoms with Gasteiger partial charge in [0, 0.05) is 50.5 Å². The second-order valence-corrected chi connectivity index (χ2v) is 5.15. The van der Waals surface area contributed by atoms with Crippen LogP contribution in [-0.2, 0) is 0 Å². The van der Waals surface area contributed by atoms with E-state index in [1.165, 1.54) is 0 Å². The van der Waals surface area contributed by atoms with Gasteiger partial charge in [-0.25, -0.2) is 0 Å². The molecule has 5 nitrogen and oxygen atoms in total. The van der Waals surface area contributed by atoms with Gasteiger partial charge in [-0.05, 0) is 18.2 Å². The number of nitrogens with zero attached hydrogens (tertiary/aromatic N) is 3. The van der Waals surface area contributed by atoms with Crippen LogP contribution in [0.15, 0.2) is 36.8 Å². The summed E-state index contributed by atoms with van der Waals surface area (Å²) in [6.45, 7) is 3.06. The van der Waals surface area contributed by atoms with Crippen molar-refractivity contribution in [3.63, 3.8) is 0 Å². The number of aromatic amines is 1. The topological polar surface area (TPSA) is 52.2 Å². The van der Waals surface area contributed by atoms with Gasteiger partial charge < -0.3 is 14.8 Å². The number of rotatable bonds is 2. The highest BCUT2D eigenvalue weighted by molar-refractivity contribution is 6.30. The summed E-state index contributed by atoms with van der Waals surface area (Å²) < 4.78 is 0. The molecule has 3 heterocycles. The van der Waals surface area contributed by atoms with Crippen molar-refractivity contribution in [3.8, 4) is 0 Å². The van der Waals surface area contributed by atoms with Crippen LogP contribution < -0.4 is 4.90 Å². The van der Waals surface area contributed by atoms with E-state index in [0.29, 0.717) is 23.8 Å². The fourth-order valence-electron chi connectivity index (χ4n) is 2.38. The highest BCUT2D eigenvalue weighted by atomic mass is 35.5. The molecular weight excluding hydrogens is 276 g/mol. The van der Waals surface area contributed by atoms with Crippen LogP contribution in [0.2, 0.25) is 5.02 Å². The minimum Gasteiger partial charge on any atom is -0.368 e. The van der Waals surface area contributed by atoms with Crippen molar-refractivity contribution in [1.29, 1.82) is 0 Å². The number of hydrogen-bond donors (Lipinski definition) is 1. The monoisotopic (exact) mass is 290 g/mol. The van der Waals surface area contributed by atoms with Crippen molar-refractivity contribution in [3.05, 3.63) is 47.5 Å². The molecule has 1 saturated heterocycles. The Morgan fingerprint density at radius 3 is 2.50 bits per heavy atom. The van der Waals surface area contributed by atoms with E-state index in [4.69, 9.17) is 11.6 Å². The summed E-state index contributed by atoms with van der Waals surface area (Å²) in [5, 5.41) is 0.559. The molecule has 0 unspecified atom stereocenters. The second kappa shape index (κ2) is 5.54. The number of piperazine rings is 1. The molecule has 20 heavy (non-hydrogen) atoms. The summed E-state index contributed by atoms with van der Waals surface area (Å²) in [5.74, 6) is 0.00581. The maximum atomic E-state index is 12.3. The highest BCUT2D eigenvalue weighted by Gasteiger charge is 2.23. The lowest BCUT2D eigenvalue weighted by Gasteiger charge is -2.35. The molecular formula is C14H15ClN4O. The molecule has 2 aromatic rings. The Morgan fingerprint density at radius 2 is 1.90 bits per heavy atom. The smallest absolute Gasteiger partial charge is 0.270 e. The highest BCUT2D eigenvalue weighted by Crippen LogP contribution is 2.17. The van der Waals surface area contributed by atoms with Crippen LogP contribution in [0.5, 0.6) is 0 Å². The molecule has 2 aromatic heterocycles. The van der Waals surface area contributed by atoms with Crippen LogP contribution in [0, 0.1) is 0 Å². The van der Waals surface area contributed by atoms with E-state index in [1.807, 2.05) is 17.0 Å². The number of nitrogens with one attached hydrogen (secondary N) is 1. The van der Waals surface area contributed by atoms with E-state index in [-0.39, 0.29) is 5.91 Å². The van der Waals surface area contributed by atoms with Gasteiger partial charge >= 0.3 is 0 Å². The zero-order chi connectivity index (χ0) is 13.9. The molecule has 3 rings (SSSR count). The summed E-state index contributed by atoms with van der Waals surface area (Å²) in [7, 11) is 0. The largest absolute Gasteiger partial charge is 0.368 e. The summed E-state index contributed by atoms with van der Waals surface area (Å²) in [5.41, 5.74) is 1.70. The number of halogens is 1. The SMILES string of the molecule is O=C(c1cc(Cl)c[nH]1)N1CCN(c2ccncc2)CC1. The summed E-state index contributed by atoms with van der Waals surface area (Å²) in [4.78, 5) is 23.3. The van der Waals surface area contributed by atoms with Gasteiger partial charge in [0.05, 0.1) is 5.02 Å². The minimum absolute atomic E-state index is 0.00581. The van der Waals surface area contributed by atoms with Gasteiger partial charge in [0.2, 0.25) is 0 Å². The van der Waals surface area contributed by atoms with Crippen molar-refractivity contribution in [2.24, 2.45) is 0 Å². The van der Waals surface area contributed by atoms with Crippen LogP contribution in [0.1, 0.15) is 10.5 Å². The first-order valence-electron chi connectivity index (χ1n) is 6.52. The Balaban J connectivity index is 1.63. The molecule has 0 spiro atoms. The molecule has 0 aromatic carbocycles. The summed E-state index contributed by atoms with van der Waals surface area (Å²) in [6, 6.07) is 5.64. The summed E-state index contributed by atoms with van der Waals surface area (Å²) >= 11 is 5.83. The Morgan fingerprint density at radius 1 is 1.20 bits per heavy atom. The van der Waals surface area contributed by atoms with Gasteiger partial charge in [-0.3, -0.25) is 9.78 Å². The molecule has 0 saturated carbocycles. The molecule has 1 N–H and O–H groups in total. The molecule has 1 aliphatic heterocycles. The fraction of sp³-hybridized carbons (Fsp3) is 0.286. The maximum Gasteiger partial charge on any atom is 0.270 e. The Kier molecular flexibility index (Phi) is 3.60. The van der Waals surface area contributed by atoms with E-state index in [0.717, 1.165) is 18.8 Å². The molecule has 0 radical (unpaired) electrons. The van der Waals surface area contributed by atoms with Gasteiger partial charge in [0.1, 0.15) is 5.69 Å². The number of amides is 1. The number of anilines is 1. The van der Waals surface area contributed by atoms with Crippen molar-refractivity contribution < 1.29 is 4.79 Å². The van der Waals surface area contributed by atoms with E-state index >= 15 is 0 Å². The zero-order valence-corrected chi connectivity index (χ0v) is 11.7. The Labute approximate surface area is 122 Å². The van der Waals surface area contributed by atoms with Crippen LogP contribution in [-0.4, -0.2) is 47.0 Å². The molecule has 6 heteroatoms. The number of carbonyl (C=O) groups is 1. The number of aromatic nitrogens is 2. The third-order valence-corrected chi connectivity index (χ3v) is 3.69. The zero-order valence-electron chi connectivity index (χ0n) is 10.9. The molecule has 1 amide bonds. The maximum absolute atomic E-state index is 12.3. The number of H-pyrrole nitrogens is 1. The van der Waals surface area contributed by atoms with E-state index in [2.05, 4.69) is 14.9 Å². The lowest BCUT2D eigenvalue weighted by Crippen LogP contribution is -2.48. The predicted octanol–water partition coefficient (Wildman–Crippen LogP) is 2.03. The van der Waals surface area contributed by atoms with Crippen LogP contribution >= 0.6 is 11.6 Å². The van der Waals surface area contributed by atoms with E-state index < -0.39 is 0 Å². The van der Waals surface area contributed by atoms with Gasteiger partial charge in [0.25, 0.3) is 5.91 Å². The molecule has 104 valence electrons.